The third kappa shape index (κ3) is 4.04. The highest BCUT2D eigenvalue weighted by Gasteiger charge is 2.23. The molecule has 2 aliphatic carbocycles. The molecule has 4 aromatic rings. The van der Waals surface area contributed by atoms with Crippen LogP contribution < -0.4 is 10.6 Å². The van der Waals surface area contributed by atoms with Crippen molar-refractivity contribution < 1.29 is 5.11 Å². The Bertz CT molecular complexity index is 1290. The number of benzene rings is 1. The minimum absolute atomic E-state index is 0.226. The summed E-state index contributed by atoms with van der Waals surface area (Å²) in [6.45, 7) is 0. The van der Waals surface area contributed by atoms with E-state index in [2.05, 4.69) is 20.6 Å². The van der Waals surface area contributed by atoms with Gasteiger partial charge in [0.1, 0.15) is 17.8 Å². The van der Waals surface area contributed by atoms with Gasteiger partial charge in [0.25, 0.3) is 0 Å². The van der Waals surface area contributed by atoms with Crippen LogP contribution in [0.5, 0.6) is 5.75 Å². The molecule has 8 nitrogen and oxygen atoms in total. The summed E-state index contributed by atoms with van der Waals surface area (Å²) in [6.07, 6.45) is 15.1. The van der Waals surface area contributed by atoms with E-state index in [4.69, 9.17) is 9.97 Å². The molecule has 0 aliphatic heterocycles. The van der Waals surface area contributed by atoms with Crippen LogP contribution in [0.25, 0.3) is 28.3 Å². The van der Waals surface area contributed by atoms with Crippen molar-refractivity contribution in [3.05, 3.63) is 49.1 Å². The van der Waals surface area contributed by atoms with Crippen LogP contribution in [0.1, 0.15) is 51.4 Å². The normalized spacial score (nSPS) is 16.9. The van der Waals surface area contributed by atoms with Crippen molar-refractivity contribution >= 4 is 17.3 Å². The lowest BCUT2D eigenvalue weighted by Crippen LogP contribution is -2.16. The molecule has 1 aromatic carbocycles. The maximum absolute atomic E-state index is 9.83. The summed E-state index contributed by atoms with van der Waals surface area (Å²) in [5.74, 6) is 0.869. The molecule has 0 atom stereocenters. The SMILES string of the molecule is Oc1ccc(-c2nc3c(NC4CCCC4)cncn3c2-c2ccnc(NC3CCCC3)n2)cc1. The van der Waals surface area contributed by atoms with Gasteiger partial charge in [-0.3, -0.25) is 4.40 Å². The number of imidazole rings is 1. The van der Waals surface area contributed by atoms with Gasteiger partial charge < -0.3 is 15.7 Å². The Kier molecular flexibility index (Phi) is 5.49. The molecule has 3 N–H and O–H groups in total. The lowest BCUT2D eigenvalue weighted by molar-refractivity contribution is 0.475. The predicted octanol–water partition coefficient (Wildman–Crippen LogP) is 5.27. The molecule has 3 aromatic heterocycles. The second-order valence-corrected chi connectivity index (χ2v) is 9.37. The molecule has 34 heavy (non-hydrogen) atoms. The third-order valence-corrected chi connectivity index (χ3v) is 6.98. The topological polar surface area (TPSA) is 100 Å². The monoisotopic (exact) mass is 455 g/mol. The first-order valence-corrected chi connectivity index (χ1v) is 12.3. The number of hydrogen-bond acceptors (Lipinski definition) is 7. The van der Waals surface area contributed by atoms with Crippen LogP contribution in [0.3, 0.4) is 0 Å². The first kappa shape index (κ1) is 20.9. The summed E-state index contributed by atoms with van der Waals surface area (Å²) in [7, 11) is 0. The van der Waals surface area contributed by atoms with E-state index in [0.29, 0.717) is 18.0 Å². The van der Waals surface area contributed by atoms with Crippen LogP contribution in [-0.2, 0) is 0 Å². The second kappa shape index (κ2) is 8.93. The first-order valence-electron chi connectivity index (χ1n) is 12.3. The molecule has 0 unspecified atom stereocenters. The van der Waals surface area contributed by atoms with Gasteiger partial charge in [0.15, 0.2) is 5.65 Å². The number of hydrogen-bond donors (Lipinski definition) is 3. The van der Waals surface area contributed by atoms with Crippen molar-refractivity contribution in [3.8, 4) is 28.4 Å². The molecule has 0 saturated heterocycles. The second-order valence-electron chi connectivity index (χ2n) is 9.37. The van der Waals surface area contributed by atoms with Crippen molar-refractivity contribution in [2.24, 2.45) is 0 Å². The molecule has 0 spiro atoms. The number of nitrogens with one attached hydrogen (secondary N) is 2. The summed E-state index contributed by atoms with van der Waals surface area (Å²) in [6, 6.07) is 9.95. The van der Waals surface area contributed by atoms with E-state index in [1.807, 2.05) is 28.8 Å². The fourth-order valence-electron chi connectivity index (χ4n) is 5.24. The van der Waals surface area contributed by atoms with E-state index in [0.717, 1.165) is 46.8 Å². The highest BCUT2D eigenvalue weighted by atomic mass is 16.3. The van der Waals surface area contributed by atoms with Gasteiger partial charge in [-0.05, 0) is 56.0 Å². The van der Waals surface area contributed by atoms with Gasteiger partial charge in [-0.25, -0.2) is 19.9 Å². The Balaban J connectivity index is 1.47. The fourth-order valence-corrected chi connectivity index (χ4v) is 5.24. The maximum Gasteiger partial charge on any atom is 0.223 e. The molecule has 6 rings (SSSR count). The van der Waals surface area contributed by atoms with Gasteiger partial charge in [-0.1, -0.05) is 25.7 Å². The van der Waals surface area contributed by atoms with E-state index in [1.54, 1.807) is 24.7 Å². The van der Waals surface area contributed by atoms with Crippen molar-refractivity contribution in [1.82, 2.24) is 24.3 Å². The largest absolute Gasteiger partial charge is 0.508 e. The molecule has 2 fully saturated rings. The lowest BCUT2D eigenvalue weighted by atomic mass is 10.1. The zero-order chi connectivity index (χ0) is 22.9. The van der Waals surface area contributed by atoms with Crippen LogP contribution in [0.4, 0.5) is 11.6 Å². The van der Waals surface area contributed by atoms with E-state index in [-0.39, 0.29) is 5.75 Å². The number of aromatic nitrogens is 5. The fraction of sp³-hybridized carbons (Fsp3) is 0.385. The van der Waals surface area contributed by atoms with Crippen molar-refractivity contribution in [3.63, 3.8) is 0 Å². The number of nitrogens with zero attached hydrogens (tertiary/aromatic N) is 5. The third-order valence-electron chi connectivity index (χ3n) is 6.98. The lowest BCUT2D eigenvalue weighted by Gasteiger charge is -2.14. The van der Waals surface area contributed by atoms with Crippen LogP contribution >= 0.6 is 0 Å². The first-order chi connectivity index (χ1) is 16.7. The Morgan fingerprint density at radius 1 is 0.853 bits per heavy atom. The van der Waals surface area contributed by atoms with Crippen molar-refractivity contribution in [2.75, 3.05) is 10.6 Å². The van der Waals surface area contributed by atoms with Gasteiger partial charge in [0.2, 0.25) is 5.95 Å². The Morgan fingerprint density at radius 3 is 2.29 bits per heavy atom. The minimum Gasteiger partial charge on any atom is -0.508 e. The molecule has 174 valence electrons. The molecule has 8 heteroatoms. The van der Waals surface area contributed by atoms with Crippen LogP contribution in [-0.4, -0.2) is 41.5 Å². The van der Waals surface area contributed by atoms with Gasteiger partial charge in [-0.15, -0.1) is 0 Å². The standard InChI is InChI=1S/C26H29N7O/c34-20-11-9-17(10-12-20)23-24(21-13-14-28-26(31-21)30-19-7-3-4-8-19)33-16-27-15-22(25(33)32-23)29-18-5-1-2-6-18/h9-16,18-19,29,34H,1-8H2,(H,28,30,31). The van der Waals surface area contributed by atoms with Crippen molar-refractivity contribution in [1.29, 1.82) is 0 Å². The molecular formula is C26H29N7O. The summed E-state index contributed by atoms with van der Waals surface area (Å²) in [5.41, 5.74) is 5.11. The molecule has 0 amide bonds. The van der Waals surface area contributed by atoms with Gasteiger partial charge in [0, 0.05) is 23.8 Å². The molecule has 0 bridgehead atoms. The molecule has 3 heterocycles. The Labute approximate surface area is 198 Å². The zero-order valence-electron chi connectivity index (χ0n) is 19.1. The highest BCUT2D eigenvalue weighted by Crippen LogP contribution is 2.35. The summed E-state index contributed by atoms with van der Waals surface area (Å²) < 4.78 is 2.02. The number of aromatic hydroxyl groups is 1. The summed E-state index contributed by atoms with van der Waals surface area (Å²) >= 11 is 0. The van der Waals surface area contributed by atoms with E-state index in [9.17, 15) is 5.11 Å². The van der Waals surface area contributed by atoms with Crippen LogP contribution in [0, 0.1) is 0 Å². The maximum atomic E-state index is 9.83. The van der Waals surface area contributed by atoms with Gasteiger partial charge in [0.05, 0.1) is 23.3 Å². The van der Waals surface area contributed by atoms with Gasteiger partial charge in [-0.2, -0.15) is 0 Å². The number of fused-ring (bicyclic) bond motifs is 1. The molecule has 2 aliphatic rings. The Hall–Kier alpha value is -3.68. The molecular weight excluding hydrogens is 426 g/mol. The summed E-state index contributed by atoms with van der Waals surface area (Å²) in [5, 5.41) is 17.0. The quantitative estimate of drug-likeness (QED) is 0.364. The van der Waals surface area contributed by atoms with Gasteiger partial charge >= 0.3 is 0 Å². The van der Waals surface area contributed by atoms with E-state index in [1.165, 1.54) is 38.5 Å². The van der Waals surface area contributed by atoms with Crippen LogP contribution in [0.15, 0.2) is 49.1 Å². The number of rotatable bonds is 6. The van der Waals surface area contributed by atoms with E-state index < -0.39 is 0 Å². The number of phenolic OH excluding ortho intramolecular Hbond substituents is 1. The zero-order valence-corrected chi connectivity index (χ0v) is 19.1. The van der Waals surface area contributed by atoms with Crippen molar-refractivity contribution in [2.45, 2.75) is 63.5 Å². The molecule has 2 saturated carbocycles. The minimum atomic E-state index is 0.226. The number of phenols is 1. The van der Waals surface area contributed by atoms with E-state index >= 15 is 0 Å². The smallest absolute Gasteiger partial charge is 0.223 e. The average Bonchev–Trinajstić information content (AvgIpc) is 3.61. The highest BCUT2D eigenvalue weighted by molar-refractivity contribution is 5.84. The predicted molar refractivity (Wildman–Crippen MR) is 133 cm³/mol. The molecule has 0 radical (unpaired) electrons. The number of anilines is 2. The Morgan fingerprint density at radius 2 is 1.56 bits per heavy atom. The average molecular weight is 456 g/mol. The summed E-state index contributed by atoms with van der Waals surface area (Å²) in [4.78, 5) is 19.0. The van der Waals surface area contributed by atoms with Crippen LogP contribution in [0.2, 0.25) is 0 Å².